The summed E-state index contributed by atoms with van der Waals surface area (Å²) in [6.45, 7) is 0. The minimum Gasteiger partial charge on any atom is -0.283 e. The van der Waals surface area contributed by atoms with Gasteiger partial charge in [-0.2, -0.15) is 0 Å². The average molecular weight is 348 g/mol. The molecule has 2 aromatic carbocycles. The lowest BCUT2D eigenvalue weighted by Gasteiger charge is -2.33. The number of hydrogen-bond acceptors (Lipinski definition) is 4. The number of amides is 1. The first-order valence-electron chi connectivity index (χ1n) is 6.68. The number of para-hydroxylation sites is 1. The molecular formula is C16H10ClNO2S2. The second-order valence-corrected chi connectivity index (χ2v) is 7.59. The molecule has 3 nitrogen and oxygen atoms in total. The number of nitrogens with zero attached hydrogens (tertiary/aromatic N) is 1. The third-order valence-corrected chi connectivity index (χ3v) is 6.70. The smallest absolute Gasteiger partial charge is 0.238 e. The molecular weight excluding hydrogens is 338 g/mol. The van der Waals surface area contributed by atoms with Crippen molar-refractivity contribution in [2.45, 2.75) is 9.77 Å². The van der Waals surface area contributed by atoms with E-state index >= 15 is 0 Å². The van der Waals surface area contributed by atoms with Gasteiger partial charge in [-0.05, 0) is 30.0 Å². The molecule has 2 aromatic rings. The van der Waals surface area contributed by atoms with Crippen LogP contribution in [0.25, 0.3) is 0 Å². The Labute approximate surface area is 141 Å². The molecule has 0 radical (unpaired) electrons. The van der Waals surface area contributed by atoms with Gasteiger partial charge in [0.25, 0.3) is 0 Å². The van der Waals surface area contributed by atoms with E-state index in [2.05, 4.69) is 0 Å². The van der Waals surface area contributed by atoms with Crippen LogP contribution in [-0.4, -0.2) is 16.8 Å². The van der Waals surface area contributed by atoms with Crippen molar-refractivity contribution in [2.24, 2.45) is 0 Å². The van der Waals surface area contributed by atoms with E-state index in [0.29, 0.717) is 10.7 Å². The molecule has 2 heterocycles. The quantitative estimate of drug-likeness (QED) is 0.784. The van der Waals surface area contributed by atoms with Crippen molar-refractivity contribution in [3.63, 3.8) is 0 Å². The lowest BCUT2D eigenvalue weighted by Crippen LogP contribution is -2.45. The number of fused-ring (bicyclic) bond motifs is 2. The second-order valence-electron chi connectivity index (χ2n) is 5.00. The molecule has 2 aliphatic heterocycles. The van der Waals surface area contributed by atoms with Gasteiger partial charge in [-0.15, -0.1) is 11.8 Å². The highest BCUT2D eigenvalue weighted by atomic mass is 35.5. The second kappa shape index (κ2) is 5.05. The Kier molecular flexibility index (Phi) is 3.25. The SMILES string of the molecule is O=C1CSC2(C(=O)Sc3ccccc32)N1c1ccccc1Cl. The molecule has 0 bridgehead atoms. The van der Waals surface area contributed by atoms with Crippen molar-refractivity contribution >= 4 is 51.8 Å². The van der Waals surface area contributed by atoms with Crippen LogP contribution in [0.5, 0.6) is 0 Å². The first kappa shape index (κ1) is 14.2. The van der Waals surface area contributed by atoms with Crippen LogP contribution < -0.4 is 4.90 Å². The number of anilines is 1. The number of carbonyl (C=O) groups is 2. The van der Waals surface area contributed by atoms with Crippen LogP contribution in [0.3, 0.4) is 0 Å². The Morgan fingerprint density at radius 2 is 1.77 bits per heavy atom. The number of rotatable bonds is 1. The molecule has 0 saturated carbocycles. The molecule has 22 heavy (non-hydrogen) atoms. The van der Waals surface area contributed by atoms with Crippen molar-refractivity contribution in [2.75, 3.05) is 10.7 Å². The van der Waals surface area contributed by atoms with E-state index in [1.165, 1.54) is 23.5 Å². The molecule has 6 heteroatoms. The van der Waals surface area contributed by atoms with Crippen LogP contribution in [0.4, 0.5) is 5.69 Å². The molecule has 1 spiro atoms. The summed E-state index contributed by atoms with van der Waals surface area (Å²) >= 11 is 8.85. The highest BCUT2D eigenvalue weighted by molar-refractivity contribution is 8.17. The number of thioether (sulfide) groups is 2. The van der Waals surface area contributed by atoms with Gasteiger partial charge in [0.15, 0.2) is 4.87 Å². The van der Waals surface area contributed by atoms with Crippen molar-refractivity contribution in [3.05, 3.63) is 59.1 Å². The van der Waals surface area contributed by atoms with Gasteiger partial charge in [-0.1, -0.05) is 41.9 Å². The minimum atomic E-state index is -0.997. The molecule has 0 aromatic heterocycles. The van der Waals surface area contributed by atoms with Gasteiger partial charge in [0.1, 0.15) is 0 Å². The highest BCUT2D eigenvalue weighted by Gasteiger charge is 2.58. The van der Waals surface area contributed by atoms with Crippen LogP contribution in [0, 0.1) is 0 Å². The Morgan fingerprint density at radius 1 is 1.05 bits per heavy atom. The van der Waals surface area contributed by atoms with E-state index in [9.17, 15) is 9.59 Å². The van der Waals surface area contributed by atoms with Crippen molar-refractivity contribution in [1.82, 2.24) is 0 Å². The summed E-state index contributed by atoms with van der Waals surface area (Å²) in [6.07, 6.45) is 0. The third kappa shape index (κ3) is 1.79. The molecule has 1 unspecified atom stereocenters. The molecule has 1 saturated heterocycles. The maximum Gasteiger partial charge on any atom is 0.238 e. The topological polar surface area (TPSA) is 37.4 Å². The van der Waals surface area contributed by atoms with Gasteiger partial charge >= 0.3 is 0 Å². The maximum absolute atomic E-state index is 12.8. The van der Waals surface area contributed by atoms with Gasteiger partial charge < -0.3 is 0 Å². The van der Waals surface area contributed by atoms with Crippen molar-refractivity contribution in [3.8, 4) is 0 Å². The van der Waals surface area contributed by atoms with Crippen LogP contribution >= 0.6 is 35.1 Å². The van der Waals surface area contributed by atoms with E-state index in [4.69, 9.17) is 11.6 Å². The van der Waals surface area contributed by atoms with Crippen LogP contribution in [-0.2, 0) is 14.5 Å². The van der Waals surface area contributed by atoms with E-state index in [-0.39, 0.29) is 16.8 Å². The average Bonchev–Trinajstić information content (AvgIpc) is 3.00. The molecule has 1 atom stereocenters. The first-order chi connectivity index (χ1) is 10.6. The fraction of sp³-hybridized carbons (Fsp3) is 0.125. The van der Waals surface area contributed by atoms with Crippen LogP contribution in [0.1, 0.15) is 5.56 Å². The van der Waals surface area contributed by atoms with Crippen molar-refractivity contribution < 1.29 is 9.59 Å². The number of halogens is 1. The third-order valence-electron chi connectivity index (χ3n) is 3.79. The highest BCUT2D eigenvalue weighted by Crippen LogP contribution is 2.58. The summed E-state index contributed by atoms with van der Waals surface area (Å²) in [5, 5.41) is 0.435. The summed E-state index contributed by atoms with van der Waals surface area (Å²) < 4.78 is 0. The number of benzene rings is 2. The monoisotopic (exact) mass is 347 g/mol. The van der Waals surface area contributed by atoms with Crippen molar-refractivity contribution in [1.29, 1.82) is 0 Å². The Balaban J connectivity index is 1.96. The van der Waals surface area contributed by atoms with Gasteiger partial charge in [-0.3, -0.25) is 14.5 Å². The maximum atomic E-state index is 12.8. The lowest BCUT2D eigenvalue weighted by atomic mass is 10.0. The summed E-state index contributed by atoms with van der Waals surface area (Å²) in [6, 6.07) is 14.8. The fourth-order valence-electron chi connectivity index (χ4n) is 2.87. The predicted octanol–water partition coefficient (Wildman–Crippen LogP) is 3.91. The zero-order chi connectivity index (χ0) is 15.3. The van der Waals surface area contributed by atoms with Crippen LogP contribution in [0.2, 0.25) is 5.02 Å². The fourth-order valence-corrected chi connectivity index (χ4v) is 5.71. The Bertz CT molecular complexity index is 810. The lowest BCUT2D eigenvalue weighted by molar-refractivity contribution is -0.119. The normalized spacial score (nSPS) is 23.4. The molecule has 1 amide bonds. The predicted molar refractivity (Wildman–Crippen MR) is 90.4 cm³/mol. The molecule has 0 aliphatic carbocycles. The van der Waals surface area contributed by atoms with E-state index in [0.717, 1.165) is 10.5 Å². The van der Waals surface area contributed by atoms with E-state index in [1.807, 2.05) is 36.4 Å². The Hall–Kier alpha value is -1.43. The Morgan fingerprint density at radius 3 is 2.59 bits per heavy atom. The van der Waals surface area contributed by atoms with Crippen LogP contribution in [0.15, 0.2) is 53.4 Å². The molecule has 4 rings (SSSR count). The minimum absolute atomic E-state index is 0.0375. The van der Waals surface area contributed by atoms with Gasteiger partial charge in [0.2, 0.25) is 11.0 Å². The summed E-state index contributed by atoms with van der Waals surface area (Å²) in [7, 11) is 0. The first-order valence-corrected chi connectivity index (χ1v) is 8.86. The molecule has 1 fully saturated rings. The largest absolute Gasteiger partial charge is 0.283 e. The zero-order valence-electron chi connectivity index (χ0n) is 11.3. The molecule has 2 aliphatic rings. The van der Waals surface area contributed by atoms with Gasteiger partial charge in [0.05, 0.1) is 16.5 Å². The van der Waals surface area contributed by atoms with E-state index in [1.54, 1.807) is 17.0 Å². The van der Waals surface area contributed by atoms with E-state index < -0.39 is 4.87 Å². The summed E-state index contributed by atoms with van der Waals surface area (Å²) in [5.74, 6) is 0.176. The summed E-state index contributed by atoms with van der Waals surface area (Å²) in [5.41, 5.74) is 1.46. The number of carbonyl (C=O) groups excluding carboxylic acids is 2. The number of hydrogen-bond donors (Lipinski definition) is 0. The molecule has 110 valence electrons. The summed E-state index contributed by atoms with van der Waals surface area (Å²) in [4.78, 5) is 26.8. The molecule has 0 N–H and O–H groups in total. The van der Waals surface area contributed by atoms with Gasteiger partial charge in [-0.25, -0.2) is 0 Å². The standard InChI is InChI=1S/C16H10ClNO2S2/c17-11-6-2-3-7-12(11)18-14(19)9-21-16(18)10-5-1-4-8-13(10)22-15(16)20/h1-8H,9H2. The van der Waals surface area contributed by atoms with Gasteiger partial charge in [0, 0.05) is 10.5 Å². The zero-order valence-corrected chi connectivity index (χ0v) is 13.7.